The minimum atomic E-state index is 1.01. The lowest BCUT2D eigenvalue weighted by Gasteiger charge is -2.09. The summed E-state index contributed by atoms with van der Waals surface area (Å²) < 4.78 is 2.33. The summed E-state index contributed by atoms with van der Waals surface area (Å²) >= 11 is 0. The first kappa shape index (κ1) is 14.9. The minimum Gasteiger partial charge on any atom is -0.309 e. The van der Waals surface area contributed by atoms with Crippen molar-refractivity contribution in [2.75, 3.05) is 0 Å². The summed E-state index contributed by atoms with van der Waals surface area (Å²) in [4.78, 5) is 4.50. The Morgan fingerprint density at radius 3 is 1.92 bits per heavy atom. The fraction of sp³-hybridized carbons (Fsp3) is 0.0417. The molecule has 0 saturated carbocycles. The van der Waals surface area contributed by atoms with Gasteiger partial charge < -0.3 is 4.57 Å². The van der Waals surface area contributed by atoms with Crippen LogP contribution in [0.15, 0.2) is 91.1 Å². The summed E-state index contributed by atoms with van der Waals surface area (Å²) in [5.74, 6) is 0. The molecule has 2 nitrogen and oxygen atoms in total. The van der Waals surface area contributed by atoms with Gasteiger partial charge in [-0.3, -0.25) is 4.98 Å². The second-order valence-electron chi connectivity index (χ2n) is 6.64. The van der Waals surface area contributed by atoms with Crippen LogP contribution in [0.1, 0.15) is 5.56 Å². The summed E-state index contributed by atoms with van der Waals surface area (Å²) in [5.41, 5.74) is 7.00. The first-order valence-corrected chi connectivity index (χ1v) is 8.83. The average Bonchev–Trinajstić information content (AvgIpc) is 3.03. The van der Waals surface area contributed by atoms with E-state index in [4.69, 9.17) is 0 Å². The molecule has 0 fully saturated rings. The summed E-state index contributed by atoms with van der Waals surface area (Å²) in [5, 5.41) is 2.57. The molecule has 3 aromatic carbocycles. The van der Waals surface area contributed by atoms with Gasteiger partial charge in [0.15, 0.2) is 0 Å². The largest absolute Gasteiger partial charge is 0.309 e. The van der Waals surface area contributed by atoms with Crippen LogP contribution in [0.5, 0.6) is 0 Å². The highest BCUT2D eigenvalue weighted by Crippen LogP contribution is 2.32. The third-order valence-corrected chi connectivity index (χ3v) is 4.92. The van der Waals surface area contributed by atoms with Crippen molar-refractivity contribution < 1.29 is 0 Å². The van der Waals surface area contributed by atoms with Gasteiger partial charge in [0.2, 0.25) is 0 Å². The zero-order valence-corrected chi connectivity index (χ0v) is 14.6. The van der Waals surface area contributed by atoms with Gasteiger partial charge in [0.1, 0.15) is 0 Å². The highest BCUT2D eigenvalue weighted by atomic mass is 15.0. The molecule has 124 valence electrons. The molecule has 0 aliphatic heterocycles. The Morgan fingerprint density at radius 1 is 0.692 bits per heavy atom. The van der Waals surface area contributed by atoms with Crippen molar-refractivity contribution in [3.63, 3.8) is 0 Å². The van der Waals surface area contributed by atoms with E-state index in [1.807, 2.05) is 12.3 Å². The maximum Gasteiger partial charge on any atom is 0.0704 e. The van der Waals surface area contributed by atoms with Gasteiger partial charge in [0.25, 0.3) is 0 Å². The highest BCUT2D eigenvalue weighted by molar-refractivity contribution is 6.09. The van der Waals surface area contributed by atoms with Gasteiger partial charge in [-0.05, 0) is 48.9 Å². The first-order chi connectivity index (χ1) is 12.8. The van der Waals surface area contributed by atoms with E-state index in [0.717, 1.165) is 11.3 Å². The standard InChI is InChI=1S/C24H18N2/c1-17-14-15-25-22(16-17)18-10-12-19(13-11-18)26-23-8-4-2-6-20(23)21-7-3-5-9-24(21)26/h2-16H,1H3. The Balaban J connectivity index is 1.70. The van der Waals surface area contributed by atoms with Gasteiger partial charge in [-0.2, -0.15) is 0 Å². The Morgan fingerprint density at radius 2 is 1.31 bits per heavy atom. The van der Waals surface area contributed by atoms with Crippen molar-refractivity contribution in [2.24, 2.45) is 0 Å². The van der Waals surface area contributed by atoms with Crippen LogP contribution in [0.4, 0.5) is 0 Å². The van der Waals surface area contributed by atoms with Crippen molar-refractivity contribution >= 4 is 21.8 Å². The molecule has 2 heterocycles. The molecule has 0 saturated heterocycles. The predicted octanol–water partition coefficient (Wildman–Crippen LogP) is 6.15. The molecule has 0 N–H and O–H groups in total. The number of benzene rings is 3. The van der Waals surface area contributed by atoms with Crippen molar-refractivity contribution in [1.82, 2.24) is 9.55 Å². The first-order valence-electron chi connectivity index (χ1n) is 8.83. The number of rotatable bonds is 2. The number of nitrogens with zero attached hydrogens (tertiary/aromatic N) is 2. The highest BCUT2D eigenvalue weighted by Gasteiger charge is 2.11. The molecule has 2 heteroatoms. The molecule has 5 aromatic rings. The Bertz CT molecular complexity index is 1180. The van der Waals surface area contributed by atoms with E-state index in [9.17, 15) is 0 Å². The Kier molecular flexibility index (Phi) is 3.36. The molecule has 0 bridgehead atoms. The SMILES string of the molecule is Cc1ccnc(-c2ccc(-n3c4ccccc4c4ccccc43)cc2)c1. The molecule has 0 unspecified atom stereocenters. The van der Waals surface area contributed by atoms with Crippen LogP contribution in [0.3, 0.4) is 0 Å². The van der Waals surface area contributed by atoms with E-state index < -0.39 is 0 Å². The number of hydrogen-bond donors (Lipinski definition) is 0. The zero-order chi connectivity index (χ0) is 17.5. The molecule has 0 spiro atoms. The number of para-hydroxylation sites is 2. The van der Waals surface area contributed by atoms with Gasteiger partial charge in [-0.15, -0.1) is 0 Å². The van der Waals surface area contributed by atoms with Crippen molar-refractivity contribution in [3.8, 4) is 16.9 Å². The quantitative estimate of drug-likeness (QED) is 0.378. The topological polar surface area (TPSA) is 17.8 Å². The fourth-order valence-corrected chi connectivity index (χ4v) is 3.68. The summed E-state index contributed by atoms with van der Waals surface area (Å²) in [6.07, 6.45) is 1.87. The molecule has 0 atom stereocenters. The summed E-state index contributed by atoms with van der Waals surface area (Å²) in [6, 6.07) is 30.0. The summed E-state index contributed by atoms with van der Waals surface area (Å²) in [7, 11) is 0. The monoisotopic (exact) mass is 334 g/mol. The Labute approximate surface area is 152 Å². The molecule has 0 aliphatic carbocycles. The van der Waals surface area contributed by atoms with Crippen LogP contribution in [0.25, 0.3) is 38.8 Å². The lowest BCUT2D eigenvalue weighted by Crippen LogP contribution is -1.93. The molecule has 0 aliphatic rings. The van der Waals surface area contributed by atoms with Gasteiger partial charge in [0.05, 0.1) is 16.7 Å². The second-order valence-corrected chi connectivity index (χ2v) is 6.64. The van der Waals surface area contributed by atoms with E-state index >= 15 is 0 Å². The molecule has 5 rings (SSSR count). The molecular formula is C24H18N2. The van der Waals surface area contributed by atoms with E-state index in [2.05, 4.69) is 95.3 Å². The normalized spacial score (nSPS) is 11.3. The molecule has 2 aromatic heterocycles. The number of aromatic nitrogens is 2. The molecule has 0 radical (unpaired) electrons. The smallest absolute Gasteiger partial charge is 0.0704 e. The third-order valence-electron chi connectivity index (χ3n) is 4.92. The molecule has 26 heavy (non-hydrogen) atoms. The van der Waals surface area contributed by atoms with Crippen molar-refractivity contribution in [1.29, 1.82) is 0 Å². The van der Waals surface area contributed by atoms with Gasteiger partial charge >= 0.3 is 0 Å². The van der Waals surface area contributed by atoms with E-state index in [0.29, 0.717) is 0 Å². The van der Waals surface area contributed by atoms with E-state index in [-0.39, 0.29) is 0 Å². The zero-order valence-electron chi connectivity index (χ0n) is 14.6. The average molecular weight is 334 g/mol. The maximum absolute atomic E-state index is 4.50. The van der Waals surface area contributed by atoms with Crippen LogP contribution in [-0.4, -0.2) is 9.55 Å². The van der Waals surface area contributed by atoms with Crippen LogP contribution in [0, 0.1) is 6.92 Å². The fourth-order valence-electron chi connectivity index (χ4n) is 3.68. The lowest BCUT2D eigenvalue weighted by molar-refractivity contribution is 1.18. The van der Waals surface area contributed by atoms with Crippen molar-refractivity contribution in [3.05, 3.63) is 96.7 Å². The number of hydrogen-bond acceptors (Lipinski definition) is 1. The second kappa shape index (κ2) is 5.85. The maximum atomic E-state index is 4.50. The number of fused-ring (bicyclic) bond motifs is 3. The van der Waals surface area contributed by atoms with Gasteiger partial charge in [0, 0.05) is 28.2 Å². The lowest BCUT2D eigenvalue weighted by atomic mass is 10.1. The van der Waals surface area contributed by atoms with Crippen LogP contribution in [-0.2, 0) is 0 Å². The van der Waals surface area contributed by atoms with Gasteiger partial charge in [-0.1, -0.05) is 48.5 Å². The van der Waals surface area contributed by atoms with E-state index in [1.165, 1.54) is 33.1 Å². The third kappa shape index (κ3) is 2.31. The van der Waals surface area contributed by atoms with Crippen LogP contribution >= 0.6 is 0 Å². The summed E-state index contributed by atoms with van der Waals surface area (Å²) in [6.45, 7) is 2.09. The van der Waals surface area contributed by atoms with Crippen LogP contribution in [0.2, 0.25) is 0 Å². The number of aryl methyl sites for hydroxylation is 1. The van der Waals surface area contributed by atoms with Gasteiger partial charge in [-0.25, -0.2) is 0 Å². The molecule has 0 amide bonds. The predicted molar refractivity (Wildman–Crippen MR) is 109 cm³/mol. The van der Waals surface area contributed by atoms with Crippen molar-refractivity contribution in [2.45, 2.75) is 6.92 Å². The number of pyridine rings is 1. The minimum absolute atomic E-state index is 1.01. The van der Waals surface area contributed by atoms with E-state index in [1.54, 1.807) is 0 Å². The van der Waals surface area contributed by atoms with Crippen LogP contribution < -0.4 is 0 Å². The molecular weight excluding hydrogens is 316 g/mol. The Hall–Kier alpha value is -3.39.